The Labute approximate surface area is 135 Å². The van der Waals surface area contributed by atoms with E-state index in [1.165, 1.54) is 0 Å². The lowest BCUT2D eigenvalue weighted by Crippen LogP contribution is -2.40. The quantitative estimate of drug-likeness (QED) is 0.828. The first-order valence-corrected chi connectivity index (χ1v) is 7.91. The SMILES string of the molecule is Clc1ccccc1-c1nc(CNCCN2CCOCC2)co1. The maximum Gasteiger partial charge on any atom is 0.227 e. The van der Waals surface area contributed by atoms with Crippen LogP contribution in [0.4, 0.5) is 0 Å². The fourth-order valence-electron chi connectivity index (χ4n) is 2.42. The van der Waals surface area contributed by atoms with Crippen molar-refractivity contribution in [3.8, 4) is 11.5 Å². The largest absolute Gasteiger partial charge is 0.444 e. The van der Waals surface area contributed by atoms with Gasteiger partial charge in [-0.3, -0.25) is 4.90 Å². The number of nitrogens with one attached hydrogen (secondary N) is 1. The van der Waals surface area contributed by atoms with E-state index in [-0.39, 0.29) is 0 Å². The van der Waals surface area contributed by atoms with E-state index in [0.29, 0.717) is 17.5 Å². The zero-order valence-electron chi connectivity index (χ0n) is 12.4. The summed E-state index contributed by atoms with van der Waals surface area (Å²) in [7, 11) is 0. The van der Waals surface area contributed by atoms with Crippen LogP contribution in [0, 0.1) is 0 Å². The summed E-state index contributed by atoms with van der Waals surface area (Å²) in [6.07, 6.45) is 1.68. The summed E-state index contributed by atoms with van der Waals surface area (Å²) in [6.45, 7) is 6.35. The molecule has 22 heavy (non-hydrogen) atoms. The second kappa shape index (κ2) is 7.74. The Hall–Kier alpha value is -1.40. The molecule has 0 radical (unpaired) electrons. The number of morpholine rings is 1. The predicted molar refractivity (Wildman–Crippen MR) is 85.9 cm³/mol. The molecule has 1 saturated heterocycles. The van der Waals surface area contributed by atoms with Gasteiger partial charge in [0, 0.05) is 32.7 Å². The second-order valence-electron chi connectivity index (χ2n) is 5.25. The molecule has 3 rings (SSSR count). The van der Waals surface area contributed by atoms with E-state index in [2.05, 4.69) is 15.2 Å². The summed E-state index contributed by atoms with van der Waals surface area (Å²) in [4.78, 5) is 6.88. The molecule has 6 heteroatoms. The molecule has 2 aromatic rings. The van der Waals surface area contributed by atoms with Gasteiger partial charge in [-0.15, -0.1) is 0 Å². The highest BCUT2D eigenvalue weighted by Crippen LogP contribution is 2.26. The van der Waals surface area contributed by atoms with Gasteiger partial charge in [-0.25, -0.2) is 4.98 Å². The van der Waals surface area contributed by atoms with Crippen molar-refractivity contribution in [2.45, 2.75) is 6.54 Å². The van der Waals surface area contributed by atoms with Crippen LogP contribution in [-0.2, 0) is 11.3 Å². The summed E-state index contributed by atoms with van der Waals surface area (Å²) in [6, 6.07) is 7.56. The summed E-state index contributed by atoms with van der Waals surface area (Å²) in [5, 5.41) is 4.04. The number of nitrogens with zero attached hydrogens (tertiary/aromatic N) is 2. The summed E-state index contributed by atoms with van der Waals surface area (Å²) >= 11 is 6.15. The van der Waals surface area contributed by atoms with Crippen molar-refractivity contribution in [2.75, 3.05) is 39.4 Å². The van der Waals surface area contributed by atoms with Crippen molar-refractivity contribution >= 4 is 11.6 Å². The molecule has 1 fully saturated rings. The van der Waals surface area contributed by atoms with Gasteiger partial charge in [-0.05, 0) is 12.1 Å². The number of benzene rings is 1. The molecule has 1 N–H and O–H groups in total. The Balaban J connectivity index is 1.47. The number of rotatable bonds is 6. The van der Waals surface area contributed by atoms with Gasteiger partial charge in [0.15, 0.2) is 0 Å². The van der Waals surface area contributed by atoms with E-state index >= 15 is 0 Å². The maximum absolute atomic E-state index is 6.15. The van der Waals surface area contributed by atoms with Crippen LogP contribution in [0.25, 0.3) is 11.5 Å². The van der Waals surface area contributed by atoms with E-state index in [0.717, 1.165) is 50.7 Å². The standard InChI is InChI=1S/C16H20ClN3O2/c17-15-4-2-1-3-14(15)16-19-13(12-22-16)11-18-5-6-20-7-9-21-10-8-20/h1-4,12,18H,5-11H2. The number of ether oxygens (including phenoxy) is 1. The Morgan fingerprint density at radius 1 is 1.23 bits per heavy atom. The Kier molecular flexibility index (Phi) is 5.45. The fourth-order valence-corrected chi connectivity index (χ4v) is 2.64. The molecule has 118 valence electrons. The predicted octanol–water partition coefficient (Wildman–Crippen LogP) is 2.42. The van der Waals surface area contributed by atoms with Crippen LogP contribution in [0.3, 0.4) is 0 Å². The number of halogens is 1. The fraction of sp³-hybridized carbons (Fsp3) is 0.438. The highest BCUT2D eigenvalue weighted by Gasteiger charge is 2.11. The Morgan fingerprint density at radius 2 is 2.05 bits per heavy atom. The topological polar surface area (TPSA) is 50.5 Å². The number of aromatic nitrogens is 1. The first-order valence-electron chi connectivity index (χ1n) is 7.53. The van der Waals surface area contributed by atoms with E-state index in [9.17, 15) is 0 Å². The van der Waals surface area contributed by atoms with Gasteiger partial charge in [-0.2, -0.15) is 0 Å². The molecule has 0 atom stereocenters. The number of hydrogen-bond acceptors (Lipinski definition) is 5. The van der Waals surface area contributed by atoms with Crippen molar-refractivity contribution in [3.05, 3.63) is 41.2 Å². The minimum atomic E-state index is 0.565. The molecule has 1 aliphatic rings. The normalized spacial score (nSPS) is 16.0. The molecule has 0 spiro atoms. The van der Waals surface area contributed by atoms with Crippen molar-refractivity contribution in [2.24, 2.45) is 0 Å². The maximum atomic E-state index is 6.15. The van der Waals surface area contributed by atoms with Crippen LogP contribution in [0.1, 0.15) is 5.69 Å². The molecule has 0 bridgehead atoms. The van der Waals surface area contributed by atoms with Crippen molar-refractivity contribution in [3.63, 3.8) is 0 Å². The highest BCUT2D eigenvalue weighted by molar-refractivity contribution is 6.33. The third-order valence-corrected chi connectivity index (χ3v) is 4.00. The molecule has 0 amide bonds. The highest BCUT2D eigenvalue weighted by atomic mass is 35.5. The molecule has 0 unspecified atom stereocenters. The van der Waals surface area contributed by atoms with Crippen molar-refractivity contribution < 1.29 is 9.15 Å². The van der Waals surface area contributed by atoms with E-state index < -0.39 is 0 Å². The first-order chi connectivity index (χ1) is 10.8. The van der Waals surface area contributed by atoms with E-state index in [4.69, 9.17) is 20.8 Å². The average molecular weight is 322 g/mol. The molecule has 1 aliphatic heterocycles. The smallest absolute Gasteiger partial charge is 0.227 e. The third kappa shape index (κ3) is 4.08. The molecule has 1 aromatic heterocycles. The summed E-state index contributed by atoms with van der Waals surface area (Å²) in [5.74, 6) is 0.565. The lowest BCUT2D eigenvalue weighted by atomic mass is 10.2. The monoisotopic (exact) mass is 321 g/mol. The van der Waals surface area contributed by atoms with Crippen LogP contribution < -0.4 is 5.32 Å². The average Bonchev–Trinajstić information content (AvgIpc) is 3.02. The van der Waals surface area contributed by atoms with Crippen LogP contribution in [-0.4, -0.2) is 49.3 Å². The zero-order chi connectivity index (χ0) is 15.2. The first kappa shape index (κ1) is 15.5. The Bertz CT molecular complexity index is 597. The molecule has 0 saturated carbocycles. The zero-order valence-corrected chi connectivity index (χ0v) is 13.2. The van der Waals surface area contributed by atoms with Gasteiger partial charge in [0.1, 0.15) is 6.26 Å². The van der Waals surface area contributed by atoms with Crippen LogP contribution in [0.2, 0.25) is 5.02 Å². The lowest BCUT2D eigenvalue weighted by molar-refractivity contribution is 0.0384. The van der Waals surface area contributed by atoms with Gasteiger partial charge >= 0.3 is 0 Å². The summed E-state index contributed by atoms with van der Waals surface area (Å²) < 4.78 is 10.9. The van der Waals surface area contributed by atoms with Crippen molar-refractivity contribution in [1.82, 2.24) is 15.2 Å². The van der Waals surface area contributed by atoms with Gasteiger partial charge in [0.2, 0.25) is 5.89 Å². The van der Waals surface area contributed by atoms with Crippen LogP contribution in [0.15, 0.2) is 34.9 Å². The molecular formula is C16H20ClN3O2. The van der Waals surface area contributed by atoms with E-state index in [1.54, 1.807) is 6.26 Å². The van der Waals surface area contributed by atoms with Crippen molar-refractivity contribution in [1.29, 1.82) is 0 Å². The van der Waals surface area contributed by atoms with Crippen LogP contribution in [0.5, 0.6) is 0 Å². The van der Waals surface area contributed by atoms with Gasteiger partial charge < -0.3 is 14.5 Å². The molecule has 1 aromatic carbocycles. The third-order valence-electron chi connectivity index (χ3n) is 3.67. The van der Waals surface area contributed by atoms with Gasteiger partial charge in [0.25, 0.3) is 0 Å². The summed E-state index contributed by atoms with van der Waals surface area (Å²) in [5.41, 5.74) is 1.71. The molecule has 5 nitrogen and oxygen atoms in total. The number of oxazole rings is 1. The number of hydrogen-bond donors (Lipinski definition) is 1. The molecule has 0 aliphatic carbocycles. The molecular weight excluding hydrogens is 302 g/mol. The van der Waals surface area contributed by atoms with Gasteiger partial charge in [0.05, 0.1) is 29.5 Å². The van der Waals surface area contributed by atoms with Gasteiger partial charge in [-0.1, -0.05) is 23.7 Å². The minimum absolute atomic E-state index is 0.565. The lowest BCUT2D eigenvalue weighted by Gasteiger charge is -2.26. The van der Waals surface area contributed by atoms with E-state index in [1.807, 2.05) is 24.3 Å². The Morgan fingerprint density at radius 3 is 2.86 bits per heavy atom. The second-order valence-corrected chi connectivity index (χ2v) is 5.66. The molecule has 2 heterocycles. The minimum Gasteiger partial charge on any atom is -0.444 e. The van der Waals surface area contributed by atoms with Crippen LogP contribution >= 0.6 is 11.6 Å².